The lowest BCUT2D eigenvalue weighted by Crippen LogP contribution is -2.49. The Bertz CT molecular complexity index is 1120. The maximum absolute atomic E-state index is 13.3. The van der Waals surface area contributed by atoms with Crippen LogP contribution in [0.4, 0.5) is 5.69 Å². The van der Waals surface area contributed by atoms with E-state index in [1.54, 1.807) is 43.2 Å². The maximum atomic E-state index is 13.3. The average molecular weight is 518 g/mol. The van der Waals surface area contributed by atoms with Crippen LogP contribution in [0.15, 0.2) is 48.5 Å². The summed E-state index contributed by atoms with van der Waals surface area (Å²) < 4.78 is 31.3. The van der Waals surface area contributed by atoms with Crippen LogP contribution in [0.5, 0.6) is 5.75 Å². The molecule has 0 heterocycles. The number of hydrogen-bond acceptors (Lipinski definition) is 5. The Labute approximate surface area is 215 Å². The molecule has 0 aromatic heterocycles. The maximum Gasteiger partial charge on any atom is 0.242 e. The van der Waals surface area contributed by atoms with E-state index < -0.39 is 16.1 Å². The van der Waals surface area contributed by atoms with Gasteiger partial charge in [0, 0.05) is 25.6 Å². The van der Waals surface area contributed by atoms with Crippen LogP contribution in [0.2, 0.25) is 0 Å². The molecule has 36 heavy (non-hydrogen) atoms. The van der Waals surface area contributed by atoms with Crippen molar-refractivity contribution in [1.82, 2.24) is 10.2 Å². The van der Waals surface area contributed by atoms with Gasteiger partial charge in [-0.3, -0.25) is 13.9 Å². The number of hydrogen-bond donors (Lipinski definition) is 1. The first kappa shape index (κ1) is 29.2. The number of methoxy groups -OCH3 is 1. The number of carbonyl (C=O) groups excluding carboxylic acids is 2. The zero-order chi connectivity index (χ0) is 26.9. The van der Waals surface area contributed by atoms with Crippen LogP contribution in [0.1, 0.15) is 51.2 Å². The summed E-state index contributed by atoms with van der Waals surface area (Å²) in [6, 6.07) is 13.9. The largest absolute Gasteiger partial charge is 0.497 e. The lowest BCUT2D eigenvalue weighted by atomic mass is 10.1. The summed E-state index contributed by atoms with van der Waals surface area (Å²) in [5.41, 5.74) is 2.51. The molecule has 0 saturated heterocycles. The SMILES string of the molecule is CC[C@@H](C)NC(=O)[C@H](C)N(Cc1cccc(C)c1)C(=O)CCCN(c1ccc(OC)cc1)S(C)(=O)=O. The van der Waals surface area contributed by atoms with E-state index in [2.05, 4.69) is 5.32 Å². The summed E-state index contributed by atoms with van der Waals surface area (Å²) in [4.78, 5) is 27.8. The molecule has 0 fully saturated rings. The Morgan fingerprint density at radius 2 is 1.75 bits per heavy atom. The molecule has 0 bridgehead atoms. The highest BCUT2D eigenvalue weighted by molar-refractivity contribution is 7.92. The van der Waals surface area contributed by atoms with Crippen LogP contribution in [0.3, 0.4) is 0 Å². The zero-order valence-electron chi connectivity index (χ0n) is 22.2. The fourth-order valence-corrected chi connectivity index (χ4v) is 4.77. The number of aryl methyl sites for hydroxylation is 1. The van der Waals surface area contributed by atoms with Gasteiger partial charge in [-0.15, -0.1) is 0 Å². The van der Waals surface area contributed by atoms with Crippen LogP contribution < -0.4 is 14.4 Å². The van der Waals surface area contributed by atoms with Gasteiger partial charge in [0.15, 0.2) is 0 Å². The number of ether oxygens (including phenoxy) is 1. The first-order chi connectivity index (χ1) is 17.0. The van der Waals surface area contributed by atoms with E-state index >= 15 is 0 Å². The number of nitrogens with zero attached hydrogens (tertiary/aromatic N) is 2. The van der Waals surface area contributed by atoms with Crippen molar-refractivity contribution >= 4 is 27.5 Å². The van der Waals surface area contributed by atoms with Crippen molar-refractivity contribution in [2.45, 2.75) is 65.6 Å². The number of carbonyl (C=O) groups is 2. The van der Waals surface area contributed by atoms with Crippen molar-refractivity contribution < 1.29 is 22.7 Å². The van der Waals surface area contributed by atoms with E-state index in [0.717, 1.165) is 23.8 Å². The molecule has 0 radical (unpaired) electrons. The van der Waals surface area contributed by atoms with Crippen molar-refractivity contribution in [2.24, 2.45) is 0 Å². The lowest BCUT2D eigenvalue weighted by molar-refractivity contribution is -0.140. The predicted molar refractivity (Wildman–Crippen MR) is 144 cm³/mol. The molecule has 2 amide bonds. The van der Waals surface area contributed by atoms with Crippen molar-refractivity contribution in [3.63, 3.8) is 0 Å². The minimum absolute atomic E-state index is 0.00341. The van der Waals surface area contributed by atoms with Crippen molar-refractivity contribution in [3.05, 3.63) is 59.7 Å². The van der Waals surface area contributed by atoms with Crippen LogP contribution >= 0.6 is 0 Å². The Morgan fingerprint density at radius 3 is 2.31 bits per heavy atom. The molecule has 2 aromatic rings. The van der Waals surface area contributed by atoms with Gasteiger partial charge in [-0.1, -0.05) is 36.8 Å². The normalized spacial score (nSPS) is 12.9. The number of anilines is 1. The zero-order valence-corrected chi connectivity index (χ0v) is 23.0. The molecule has 0 unspecified atom stereocenters. The van der Waals surface area contributed by atoms with E-state index in [-0.39, 0.29) is 30.8 Å². The molecule has 2 rings (SSSR count). The highest BCUT2D eigenvalue weighted by atomic mass is 32.2. The lowest BCUT2D eigenvalue weighted by Gasteiger charge is -2.30. The molecule has 2 aromatic carbocycles. The molecule has 0 saturated carbocycles. The molecular weight excluding hydrogens is 478 g/mol. The molecular formula is C27H39N3O5S. The van der Waals surface area contributed by atoms with E-state index in [4.69, 9.17) is 4.74 Å². The minimum Gasteiger partial charge on any atom is -0.497 e. The van der Waals surface area contributed by atoms with Gasteiger partial charge in [-0.2, -0.15) is 0 Å². The van der Waals surface area contributed by atoms with Gasteiger partial charge in [0.25, 0.3) is 0 Å². The van der Waals surface area contributed by atoms with Gasteiger partial charge in [-0.05, 0) is 63.4 Å². The summed E-state index contributed by atoms with van der Waals surface area (Å²) in [5.74, 6) is 0.215. The Balaban J connectivity index is 2.17. The van der Waals surface area contributed by atoms with Crippen molar-refractivity contribution in [1.29, 1.82) is 0 Å². The number of benzene rings is 2. The Morgan fingerprint density at radius 1 is 1.08 bits per heavy atom. The summed E-state index contributed by atoms with van der Waals surface area (Å²) >= 11 is 0. The highest BCUT2D eigenvalue weighted by Crippen LogP contribution is 2.22. The van der Waals surface area contributed by atoms with Gasteiger partial charge in [-0.25, -0.2) is 8.42 Å². The van der Waals surface area contributed by atoms with Crippen LogP contribution in [0, 0.1) is 6.92 Å². The second-order valence-electron chi connectivity index (χ2n) is 9.14. The van der Waals surface area contributed by atoms with Crippen molar-refractivity contribution in [2.75, 3.05) is 24.2 Å². The average Bonchev–Trinajstić information content (AvgIpc) is 2.83. The summed E-state index contributed by atoms with van der Waals surface area (Å²) in [5, 5.41) is 2.96. The van der Waals surface area contributed by atoms with Gasteiger partial charge in [0.05, 0.1) is 19.1 Å². The minimum atomic E-state index is -3.55. The molecule has 1 N–H and O–H groups in total. The second-order valence-corrected chi connectivity index (χ2v) is 11.0. The third-order valence-corrected chi connectivity index (χ3v) is 7.31. The summed E-state index contributed by atoms with van der Waals surface area (Å²) in [6.07, 6.45) is 2.35. The van der Waals surface area contributed by atoms with E-state index in [0.29, 0.717) is 24.4 Å². The summed E-state index contributed by atoms with van der Waals surface area (Å²) in [7, 11) is -2.01. The summed E-state index contributed by atoms with van der Waals surface area (Å²) in [6.45, 7) is 8.06. The topological polar surface area (TPSA) is 96.0 Å². The van der Waals surface area contributed by atoms with E-state index in [1.807, 2.05) is 45.0 Å². The molecule has 8 nitrogen and oxygen atoms in total. The molecule has 0 aliphatic carbocycles. The number of sulfonamides is 1. The monoisotopic (exact) mass is 517 g/mol. The van der Waals surface area contributed by atoms with Crippen LogP contribution in [-0.4, -0.2) is 57.1 Å². The smallest absolute Gasteiger partial charge is 0.242 e. The van der Waals surface area contributed by atoms with Gasteiger partial charge in [0.1, 0.15) is 11.8 Å². The first-order valence-electron chi connectivity index (χ1n) is 12.2. The standard InChI is InChI=1S/C27H39N3O5S/c1-7-21(3)28-27(32)22(4)29(19-23-11-8-10-20(2)18-23)26(31)12-9-17-30(36(6,33)34)24-13-15-25(35-5)16-14-24/h8,10-11,13-16,18,21-22H,7,9,12,17,19H2,1-6H3,(H,28,32)/t21-,22+/m1/s1. The molecule has 0 spiro atoms. The third-order valence-electron chi connectivity index (χ3n) is 6.12. The van der Waals surface area contributed by atoms with Gasteiger partial charge in [0.2, 0.25) is 21.8 Å². The molecule has 2 atom stereocenters. The first-order valence-corrected chi connectivity index (χ1v) is 14.1. The molecule has 0 aliphatic heterocycles. The highest BCUT2D eigenvalue weighted by Gasteiger charge is 2.27. The molecule has 198 valence electrons. The third kappa shape index (κ3) is 8.55. The van der Waals surface area contributed by atoms with Crippen LogP contribution in [0.25, 0.3) is 0 Å². The Hall–Kier alpha value is -3.07. The van der Waals surface area contributed by atoms with Gasteiger partial charge < -0.3 is 15.0 Å². The van der Waals surface area contributed by atoms with Gasteiger partial charge >= 0.3 is 0 Å². The van der Waals surface area contributed by atoms with E-state index in [1.165, 1.54) is 4.31 Å². The fourth-order valence-electron chi connectivity index (χ4n) is 3.81. The number of rotatable bonds is 13. The molecule has 9 heteroatoms. The van der Waals surface area contributed by atoms with Crippen LogP contribution in [-0.2, 0) is 26.2 Å². The van der Waals surface area contributed by atoms with Crippen molar-refractivity contribution in [3.8, 4) is 5.75 Å². The number of nitrogens with one attached hydrogen (secondary N) is 1. The second kappa shape index (κ2) is 13.3. The predicted octanol–water partition coefficient (Wildman–Crippen LogP) is 3.88. The van der Waals surface area contributed by atoms with E-state index in [9.17, 15) is 18.0 Å². The Kier molecular flexibility index (Phi) is 10.8. The number of amides is 2. The quantitative estimate of drug-likeness (QED) is 0.435. The fraction of sp³-hybridized carbons (Fsp3) is 0.481. The molecule has 0 aliphatic rings.